The molecule has 1 aromatic carbocycles. The van der Waals surface area contributed by atoms with Crippen LogP contribution in [0.2, 0.25) is 5.02 Å². The molecule has 1 heterocycles. The van der Waals surface area contributed by atoms with Crippen molar-refractivity contribution in [3.05, 3.63) is 34.9 Å². The molecule has 1 atom stereocenters. The maximum atomic E-state index is 5.89. The number of ether oxygens (including phenoxy) is 1. The van der Waals surface area contributed by atoms with Gasteiger partial charge in [-0.15, -0.1) is 0 Å². The topological polar surface area (TPSA) is 21.3 Å². The quantitative estimate of drug-likeness (QED) is 0.854. The summed E-state index contributed by atoms with van der Waals surface area (Å²) in [6, 6.07) is 8.04. The SMILES string of the molecule is COCC1(c2ccc(Cl)cc2)CCCN1. The van der Waals surface area contributed by atoms with Crippen molar-refractivity contribution in [1.82, 2.24) is 5.32 Å². The van der Waals surface area contributed by atoms with Crippen molar-refractivity contribution in [3.63, 3.8) is 0 Å². The van der Waals surface area contributed by atoms with Crippen LogP contribution in [0.4, 0.5) is 0 Å². The standard InChI is InChI=1S/C12H16ClNO/c1-15-9-12(7-2-8-14-12)10-3-5-11(13)6-4-10/h3-6,14H,2,7-9H2,1H3. The van der Waals surface area contributed by atoms with Crippen molar-refractivity contribution < 1.29 is 4.74 Å². The number of nitrogens with one attached hydrogen (secondary N) is 1. The van der Waals surface area contributed by atoms with E-state index < -0.39 is 0 Å². The molecule has 0 spiro atoms. The Morgan fingerprint density at radius 3 is 2.67 bits per heavy atom. The molecule has 1 fully saturated rings. The molecule has 1 unspecified atom stereocenters. The van der Waals surface area contributed by atoms with Crippen molar-refractivity contribution in [1.29, 1.82) is 0 Å². The smallest absolute Gasteiger partial charge is 0.0686 e. The predicted molar refractivity (Wildman–Crippen MR) is 62.2 cm³/mol. The third-order valence-electron chi connectivity index (χ3n) is 3.03. The fourth-order valence-electron chi connectivity index (χ4n) is 2.27. The Morgan fingerprint density at radius 2 is 2.13 bits per heavy atom. The molecule has 0 aromatic heterocycles. The molecule has 2 rings (SSSR count). The van der Waals surface area contributed by atoms with Crippen LogP contribution in [0, 0.1) is 0 Å². The molecule has 1 aromatic rings. The van der Waals surface area contributed by atoms with Gasteiger partial charge in [0.05, 0.1) is 12.1 Å². The second-order valence-electron chi connectivity index (χ2n) is 4.05. The summed E-state index contributed by atoms with van der Waals surface area (Å²) in [5.41, 5.74) is 1.27. The van der Waals surface area contributed by atoms with Crippen LogP contribution in [0.5, 0.6) is 0 Å². The summed E-state index contributed by atoms with van der Waals surface area (Å²) < 4.78 is 5.32. The third-order valence-corrected chi connectivity index (χ3v) is 3.28. The van der Waals surface area contributed by atoms with Crippen LogP contribution in [0.15, 0.2) is 24.3 Å². The largest absolute Gasteiger partial charge is 0.382 e. The zero-order chi connectivity index (χ0) is 10.7. The van der Waals surface area contributed by atoms with Gasteiger partial charge in [0.2, 0.25) is 0 Å². The first kappa shape index (κ1) is 10.9. The van der Waals surface area contributed by atoms with Gasteiger partial charge in [-0.3, -0.25) is 0 Å². The number of hydrogen-bond donors (Lipinski definition) is 1. The van der Waals surface area contributed by atoms with E-state index >= 15 is 0 Å². The van der Waals surface area contributed by atoms with Gasteiger partial charge in [-0.25, -0.2) is 0 Å². The molecular weight excluding hydrogens is 210 g/mol. The van der Waals surface area contributed by atoms with Crippen LogP contribution in [-0.2, 0) is 10.3 Å². The summed E-state index contributed by atoms with van der Waals surface area (Å²) in [7, 11) is 1.75. The minimum absolute atomic E-state index is 0.000656. The minimum Gasteiger partial charge on any atom is -0.382 e. The first-order valence-corrected chi connectivity index (χ1v) is 5.65. The number of hydrogen-bond acceptors (Lipinski definition) is 2. The Morgan fingerprint density at radius 1 is 1.40 bits per heavy atom. The lowest BCUT2D eigenvalue weighted by Crippen LogP contribution is -2.41. The zero-order valence-corrected chi connectivity index (χ0v) is 9.68. The van der Waals surface area contributed by atoms with Gasteiger partial charge in [0.1, 0.15) is 0 Å². The summed E-state index contributed by atoms with van der Waals surface area (Å²) in [5, 5.41) is 4.32. The average Bonchev–Trinajstić information content (AvgIpc) is 2.69. The van der Waals surface area contributed by atoms with Crippen molar-refractivity contribution in [2.24, 2.45) is 0 Å². The van der Waals surface area contributed by atoms with Crippen molar-refractivity contribution in [2.45, 2.75) is 18.4 Å². The van der Waals surface area contributed by atoms with Gasteiger partial charge in [0.25, 0.3) is 0 Å². The highest BCUT2D eigenvalue weighted by Gasteiger charge is 2.34. The van der Waals surface area contributed by atoms with Gasteiger partial charge >= 0.3 is 0 Å². The molecule has 0 saturated carbocycles. The van der Waals surface area contributed by atoms with E-state index in [1.54, 1.807) is 7.11 Å². The molecule has 1 aliphatic rings. The number of methoxy groups -OCH3 is 1. The van der Waals surface area contributed by atoms with Gasteiger partial charge < -0.3 is 10.1 Å². The third kappa shape index (κ3) is 2.17. The van der Waals surface area contributed by atoms with E-state index in [4.69, 9.17) is 16.3 Å². The van der Waals surface area contributed by atoms with Crippen LogP contribution in [0.3, 0.4) is 0 Å². The predicted octanol–water partition coefficient (Wildman–Crippen LogP) is 2.57. The van der Waals surface area contributed by atoms with Gasteiger partial charge in [0, 0.05) is 12.1 Å². The fraction of sp³-hybridized carbons (Fsp3) is 0.500. The van der Waals surface area contributed by atoms with Crippen molar-refractivity contribution in [2.75, 3.05) is 20.3 Å². The van der Waals surface area contributed by atoms with Crippen molar-refractivity contribution in [3.8, 4) is 0 Å². The molecule has 82 valence electrons. The lowest BCUT2D eigenvalue weighted by Gasteiger charge is -2.29. The number of benzene rings is 1. The molecular formula is C12H16ClNO. The Hall–Kier alpha value is -0.570. The zero-order valence-electron chi connectivity index (χ0n) is 8.92. The summed E-state index contributed by atoms with van der Waals surface area (Å²) in [6.45, 7) is 1.78. The highest BCUT2D eigenvalue weighted by atomic mass is 35.5. The molecule has 15 heavy (non-hydrogen) atoms. The normalized spacial score (nSPS) is 25.7. The van der Waals surface area contributed by atoms with E-state index in [9.17, 15) is 0 Å². The average molecular weight is 226 g/mol. The highest BCUT2D eigenvalue weighted by molar-refractivity contribution is 6.30. The summed E-state index contributed by atoms with van der Waals surface area (Å²) in [6.07, 6.45) is 2.33. The second-order valence-corrected chi connectivity index (χ2v) is 4.49. The minimum atomic E-state index is -0.000656. The van der Waals surface area contributed by atoms with Crippen LogP contribution in [0.25, 0.3) is 0 Å². The molecule has 0 amide bonds. The van der Waals surface area contributed by atoms with E-state index in [2.05, 4.69) is 17.4 Å². The van der Waals surface area contributed by atoms with E-state index in [1.807, 2.05) is 12.1 Å². The maximum Gasteiger partial charge on any atom is 0.0686 e. The van der Waals surface area contributed by atoms with E-state index in [-0.39, 0.29) is 5.54 Å². The molecule has 1 N–H and O–H groups in total. The first-order chi connectivity index (χ1) is 7.27. The lowest BCUT2D eigenvalue weighted by atomic mass is 9.89. The molecule has 2 nitrogen and oxygen atoms in total. The van der Waals surface area contributed by atoms with Crippen LogP contribution < -0.4 is 5.32 Å². The van der Waals surface area contributed by atoms with Gasteiger partial charge in [-0.1, -0.05) is 23.7 Å². The van der Waals surface area contributed by atoms with E-state index in [0.717, 1.165) is 18.0 Å². The summed E-state index contributed by atoms with van der Waals surface area (Å²) >= 11 is 5.89. The van der Waals surface area contributed by atoms with E-state index in [1.165, 1.54) is 12.0 Å². The lowest BCUT2D eigenvalue weighted by molar-refractivity contribution is 0.120. The highest BCUT2D eigenvalue weighted by Crippen LogP contribution is 2.31. The summed E-state index contributed by atoms with van der Waals surface area (Å²) in [4.78, 5) is 0. The van der Waals surface area contributed by atoms with E-state index in [0.29, 0.717) is 6.61 Å². The fourth-order valence-corrected chi connectivity index (χ4v) is 2.40. The molecule has 0 bridgehead atoms. The van der Waals surface area contributed by atoms with Gasteiger partial charge in [-0.05, 0) is 37.1 Å². The molecule has 0 radical (unpaired) electrons. The Bertz CT molecular complexity index is 317. The van der Waals surface area contributed by atoms with Crippen LogP contribution >= 0.6 is 11.6 Å². The molecule has 1 saturated heterocycles. The second kappa shape index (κ2) is 4.52. The monoisotopic (exact) mass is 225 g/mol. The number of halogens is 1. The first-order valence-electron chi connectivity index (χ1n) is 5.27. The number of rotatable bonds is 3. The van der Waals surface area contributed by atoms with Gasteiger partial charge in [-0.2, -0.15) is 0 Å². The van der Waals surface area contributed by atoms with Crippen molar-refractivity contribution >= 4 is 11.6 Å². The van der Waals surface area contributed by atoms with Gasteiger partial charge in [0.15, 0.2) is 0 Å². The molecule has 1 aliphatic heterocycles. The van der Waals surface area contributed by atoms with Crippen LogP contribution in [-0.4, -0.2) is 20.3 Å². The Labute approximate surface area is 95.6 Å². The Kier molecular flexibility index (Phi) is 3.29. The van der Waals surface area contributed by atoms with Crippen LogP contribution in [0.1, 0.15) is 18.4 Å². The maximum absolute atomic E-state index is 5.89. The molecule has 3 heteroatoms. The Balaban J connectivity index is 2.28. The molecule has 0 aliphatic carbocycles. The summed E-state index contributed by atoms with van der Waals surface area (Å²) in [5.74, 6) is 0.